The van der Waals surface area contributed by atoms with Crippen LogP contribution in [0.5, 0.6) is 0 Å². The zero-order chi connectivity index (χ0) is 16.2. The third kappa shape index (κ3) is 3.67. The maximum Gasteiger partial charge on any atom is 0.274 e. The Labute approximate surface area is 136 Å². The van der Waals surface area contributed by atoms with Gasteiger partial charge in [-0.3, -0.25) is 4.79 Å². The van der Waals surface area contributed by atoms with E-state index in [1.54, 1.807) is 12.4 Å². The number of hydrogen-bond donors (Lipinski definition) is 1. The van der Waals surface area contributed by atoms with Crippen LogP contribution < -0.4 is 5.32 Å². The molecule has 0 saturated carbocycles. The maximum absolute atomic E-state index is 12.4. The van der Waals surface area contributed by atoms with Crippen LogP contribution in [-0.2, 0) is 0 Å². The van der Waals surface area contributed by atoms with E-state index in [9.17, 15) is 4.79 Å². The van der Waals surface area contributed by atoms with Gasteiger partial charge in [-0.15, -0.1) is 0 Å². The molecule has 1 aliphatic heterocycles. The van der Waals surface area contributed by atoms with E-state index in [1.165, 1.54) is 12.0 Å². The molecule has 2 heterocycles. The standard InChI is InChI=1S/C18H22N4O/c1-13-6-7-14(2)15(10-13)21-17-12-19-16(11-20-17)18(23)22-8-4-3-5-9-22/h6-7,10-12H,3-5,8-9H2,1-2H3,(H,20,21). The number of carbonyl (C=O) groups is 1. The third-order valence-electron chi connectivity index (χ3n) is 4.17. The predicted molar refractivity (Wildman–Crippen MR) is 91.0 cm³/mol. The highest BCUT2D eigenvalue weighted by molar-refractivity contribution is 5.92. The number of amides is 1. The summed E-state index contributed by atoms with van der Waals surface area (Å²) in [5.74, 6) is 0.629. The molecule has 2 aromatic rings. The van der Waals surface area contributed by atoms with Crippen LogP contribution >= 0.6 is 0 Å². The molecule has 1 aromatic carbocycles. The van der Waals surface area contributed by atoms with Crippen LogP contribution in [0, 0.1) is 13.8 Å². The van der Waals surface area contributed by atoms with Crippen LogP contribution in [0.4, 0.5) is 11.5 Å². The average Bonchev–Trinajstić information content (AvgIpc) is 2.59. The van der Waals surface area contributed by atoms with Gasteiger partial charge in [0.2, 0.25) is 0 Å². The summed E-state index contributed by atoms with van der Waals surface area (Å²) in [5, 5.41) is 3.26. The van der Waals surface area contributed by atoms with E-state index in [1.807, 2.05) is 11.8 Å². The van der Waals surface area contributed by atoms with E-state index < -0.39 is 0 Å². The van der Waals surface area contributed by atoms with Crippen molar-refractivity contribution in [2.24, 2.45) is 0 Å². The van der Waals surface area contributed by atoms with Gasteiger partial charge in [-0.2, -0.15) is 0 Å². The molecule has 0 spiro atoms. The van der Waals surface area contributed by atoms with Gasteiger partial charge in [-0.1, -0.05) is 12.1 Å². The van der Waals surface area contributed by atoms with Crippen molar-refractivity contribution in [1.82, 2.24) is 14.9 Å². The van der Waals surface area contributed by atoms with Crippen molar-refractivity contribution >= 4 is 17.4 Å². The molecule has 1 aromatic heterocycles. The number of nitrogens with zero attached hydrogens (tertiary/aromatic N) is 3. The van der Waals surface area contributed by atoms with E-state index in [-0.39, 0.29) is 5.91 Å². The van der Waals surface area contributed by atoms with Crippen LogP contribution in [-0.4, -0.2) is 33.9 Å². The van der Waals surface area contributed by atoms with Crippen molar-refractivity contribution in [3.8, 4) is 0 Å². The summed E-state index contributed by atoms with van der Waals surface area (Å²) < 4.78 is 0. The zero-order valence-corrected chi connectivity index (χ0v) is 13.7. The van der Waals surface area contributed by atoms with Gasteiger partial charge >= 0.3 is 0 Å². The van der Waals surface area contributed by atoms with Gasteiger partial charge in [0.1, 0.15) is 11.5 Å². The number of nitrogens with one attached hydrogen (secondary N) is 1. The van der Waals surface area contributed by atoms with Crippen LogP contribution in [0.1, 0.15) is 40.9 Å². The first-order chi connectivity index (χ1) is 11.1. The number of aromatic nitrogens is 2. The van der Waals surface area contributed by atoms with Gasteiger partial charge < -0.3 is 10.2 Å². The number of anilines is 2. The molecule has 1 aliphatic rings. The van der Waals surface area contributed by atoms with E-state index in [2.05, 4.69) is 40.4 Å². The SMILES string of the molecule is Cc1ccc(C)c(Nc2cnc(C(=O)N3CCCCC3)cn2)c1. The smallest absolute Gasteiger partial charge is 0.274 e. The number of carbonyl (C=O) groups excluding carboxylic acids is 1. The molecule has 0 bridgehead atoms. The molecule has 1 fully saturated rings. The molecule has 120 valence electrons. The predicted octanol–water partition coefficient (Wildman–Crippen LogP) is 3.46. The normalized spacial score (nSPS) is 14.6. The Morgan fingerprint density at radius 2 is 1.87 bits per heavy atom. The highest BCUT2D eigenvalue weighted by atomic mass is 16.2. The first kappa shape index (κ1) is 15.5. The molecule has 23 heavy (non-hydrogen) atoms. The third-order valence-corrected chi connectivity index (χ3v) is 4.17. The van der Waals surface area contributed by atoms with Crippen LogP contribution in [0.3, 0.4) is 0 Å². The summed E-state index contributed by atoms with van der Waals surface area (Å²) in [6.45, 7) is 5.74. The van der Waals surface area contributed by atoms with Gasteiger partial charge in [0, 0.05) is 18.8 Å². The Kier molecular flexibility index (Phi) is 4.55. The van der Waals surface area contributed by atoms with Gasteiger partial charge in [0.15, 0.2) is 0 Å². The van der Waals surface area contributed by atoms with Gasteiger partial charge in [-0.05, 0) is 50.3 Å². The Balaban J connectivity index is 1.71. The fourth-order valence-corrected chi connectivity index (χ4v) is 2.77. The molecule has 1 amide bonds. The first-order valence-electron chi connectivity index (χ1n) is 8.09. The van der Waals surface area contributed by atoms with Gasteiger partial charge in [0.05, 0.1) is 12.4 Å². The van der Waals surface area contributed by atoms with Crippen LogP contribution in [0.15, 0.2) is 30.6 Å². The van der Waals surface area contributed by atoms with E-state index in [0.29, 0.717) is 11.5 Å². The Morgan fingerprint density at radius 3 is 2.57 bits per heavy atom. The molecular formula is C18H22N4O. The number of hydrogen-bond acceptors (Lipinski definition) is 4. The molecule has 5 heteroatoms. The summed E-state index contributed by atoms with van der Waals surface area (Å²) in [7, 11) is 0. The fourth-order valence-electron chi connectivity index (χ4n) is 2.77. The monoisotopic (exact) mass is 310 g/mol. The van der Waals surface area contributed by atoms with E-state index >= 15 is 0 Å². The highest BCUT2D eigenvalue weighted by Gasteiger charge is 2.19. The Hall–Kier alpha value is -2.43. The van der Waals surface area contributed by atoms with Gasteiger partial charge in [-0.25, -0.2) is 9.97 Å². The summed E-state index contributed by atoms with van der Waals surface area (Å²) in [4.78, 5) is 22.9. The topological polar surface area (TPSA) is 58.1 Å². The van der Waals surface area contributed by atoms with Crippen molar-refractivity contribution in [3.05, 3.63) is 47.4 Å². The van der Waals surface area contributed by atoms with E-state index in [0.717, 1.165) is 37.2 Å². The lowest BCUT2D eigenvalue weighted by Gasteiger charge is -2.26. The average molecular weight is 310 g/mol. The fraction of sp³-hybridized carbons (Fsp3) is 0.389. The lowest BCUT2D eigenvalue weighted by atomic mass is 10.1. The second-order valence-corrected chi connectivity index (χ2v) is 6.08. The van der Waals surface area contributed by atoms with Crippen LogP contribution in [0.2, 0.25) is 0 Å². The van der Waals surface area contributed by atoms with Crippen molar-refractivity contribution in [1.29, 1.82) is 0 Å². The molecule has 1 saturated heterocycles. The Bertz CT molecular complexity index is 691. The zero-order valence-electron chi connectivity index (χ0n) is 13.7. The molecule has 0 radical (unpaired) electrons. The number of aryl methyl sites for hydroxylation is 2. The van der Waals surface area contributed by atoms with Crippen molar-refractivity contribution < 1.29 is 4.79 Å². The molecule has 0 unspecified atom stereocenters. The number of rotatable bonds is 3. The minimum atomic E-state index is -0.0181. The molecule has 0 atom stereocenters. The van der Waals surface area contributed by atoms with Gasteiger partial charge in [0.25, 0.3) is 5.91 Å². The van der Waals surface area contributed by atoms with Crippen molar-refractivity contribution in [2.45, 2.75) is 33.1 Å². The highest BCUT2D eigenvalue weighted by Crippen LogP contribution is 2.20. The largest absolute Gasteiger partial charge is 0.339 e. The van der Waals surface area contributed by atoms with Crippen LogP contribution in [0.25, 0.3) is 0 Å². The van der Waals surface area contributed by atoms with Crippen molar-refractivity contribution in [2.75, 3.05) is 18.4 Å². The molecule has 3 rings (SSSR count). The molecule has 0 aliphatic carbocycles. The lowest BCUT2D eigenvalue weighted by molar-refractivity contribution is 0.0718. The first-order valence-corrected chi connectivity index (χ1v) is 8.09. The second-order valence-electron chi connectivity index (χ2n) is 6.08. The number of likely N-dealkylation sites (tertiary alicyclic amines) is 1. The van der Waals surface area contributed by atoms with Crippen molar-refractivity contribution in [3.63, 3.8) is 0 Å². The summed E-state index contributed by atoms with van der Waals surface area (Å²) in [6.07, 6.45) is 6.54. The second kappa shape index (κ2) is 6.77. The molecule has 1 N–H and O–H groups in total. The minimum Gasteiger partial charge on any atom is -0.339 e. The molecule has 5 nitrogen and oxygen atoms in total. The quantitative estimate of drug-likeness (QED) is 0.943. The summed E-state index contributed by atoms with van der Waals surface area (Å²) in [6, 6.07) is 6.22. The summed E-state index contributed by atoms with van der Waals surface area (Å²) in [5.41, 5.74) is 3.75. The molecular weight excluding hydrogens is 288 g/mol. The summed E-state index contributed by atoms with van der Waals surface area (Å²) >= 11 is 0. The Morgan fingerprint density at radius 1 is 1.09 bits per heavy atom. The van der Waals surface area contributed by atoms with E-state index in [4.69, 9.17) is 0 Å². The lowest BCUT2D eigenvalue weighted by Crippen LogP contribution is -2.36. The number of benzene rings is 1. The maximum atomic E-state index is 12.4. The minimum absolute atomic E-state index is 0.0181. The number of piperidine rings is 1.